The zero-order valence-electron chi connectivity index (χ0n) is 14.8. The van der Waals surface area contributed by atoms with Gasteiger partial charge in [0.2, 0.25) is 11.9 Å². The second-order valence-corrected chi connectivity index (χ2v) is 5.92. The average Bonchev–Trinajstić information content (AvgIpc) is 2.68. The molecule has 0 saturated carbocycles. The summed E-state index contributed by atoms with van der Waals surface area (Å²) >= 11 is 0. The number of benzene rings is 1. The van der Waals surface area contributed by atoms with Crippen LogP contribution in [0.1, 0.15) is 17.4 Å². The Morgan fingerprint density at radius 1 is 1.08 bits per heavy atom. The van der Waals surface area contributed by atoms with Crippen LogP contribution in [0.25, 0.3) is 0 Å². The Kier molecular flexibility index (Phi) is 5.31. The minimum Gasteiger partial charge on any atom is -0.497 e. The zero-order valence-corrected chi connectivity index (χ0v) is 14.8. The van der Waals surface area contributed by atoms with Gasteiger partial charge in [0.15, 0.2) is 0 Å². The number of ether oxygens (including phenoxy) is 1. The van der Waals surface area contributed by atoms with E-state index in [4.69, 9.17) is 4.74 Å². The molecule has 8 nitrogen and oxygen atoms in total. The van der Waals surface area contributed by atoms with E-state index in [0.717, 1.165) is 5.75 Å². The number of hydrogen-bond acceptors (Lipinski definition) is 6. The molecular formula is C18H21N5O3. The summed E-state index contributed by atoms with van der Waals surface area (Å²) in [5, 5.41) is 2.81. The number of carbonyl (C=O) groups is 2. The van der Waals surface area contributed by atoms with E-state index in [1.54, 1.807) is 55.5 Å². The van der Waals surface area contributed by atoms with Crippen LogP contribution < -0.4 is 15.0 Å². The first-order valence-electron chi connectivity index (χ1n) is 8.36. The van der Waals surface area contributed by atoms with Crippen molar-refractivity contribution in [2.45, 2.75) is 6.92 Å². The average molecular weight is 355 g/mol. The number of aromatic nitrogens is 2. The molecule has 2 aromatic rings. The molecule has 0 atom stereocenters. The summed E-state index contributed by atoms with van der Waals surface area (Å²) in [6, 6.07) is 8.65. The minimum absolute atomic E-state index is 0.0678. The molecule has 1 fully saturated rings. The van der Waals surface area contributed by atoms with Crippen LogP contribution in [0, 0.1) is 0 Å². The van der Waals surface area contributed by atoms with E-state index >= 15 is 0 Å². The highest BCUT2D eigenvalue weighted by Crippen LogP contribution is 2.16. The van der Waals surface area contributed by atoms with Gasteiger partial charge in [-0.25, -0.2) is 9.97 Å². The number of carbonyl (C=O) groups excluding carboxylic acids is 2. The fourth-order valence-corrected chi connectivity index (χ4v) is 2.72. The van der Waals surface area contributed by atoms with Gasteiger partial charge in [-0.2, -0.15) is 0 Å². The number of anilines is 2. The minimum atomic E-state index is -0.304. The molecule has 0 aliphatic carbocycles. The van der Waals surface area contributed by atoms with Gasteiger partial charge >= 0.3 is 0 Å². The van der Waals surface area contributed by atoms with Crippen molar-refractivity contribution < 1.29 is 14.3 Å². The van der Waals surface area contributed by atoms with Crippen molar-refractivity contribution in [2.24, 2.45) is 0 Å². The van der Waals surface area contributed by atoms with Gasteiger partial charge in [-0.05, 0) is 30.3 Å². The SMILES string of the molecule is COc1ccc(NC(=O)c2ccnc(N3CCN(C(C)=O)CC3)n2)cc1. The van der Waals surface area contributed by atoms with E-state index in [-0.39, 0.29) is 11.8 Å². The highest BCUT2D eigenvalue weighted by molar-refractivity contribution is 6.03. The number of nitrogens with zero attached hydrogens (tertiary/aromatic N) is 4. The van der Waals surface area contributed by atoms with Crippen molar-refractivity contribution in [3.63, 3.8) is 0 Å². The third-order valence-corrected chi connectivity index (χ3v) is 4.23. The molecule has 2 heterocycles. The van der Waals surface area contributed by atoms with Crippen molar-refractivity contribution in [3.05, 3.63) is 42.2 Å². The molecule has 1 aromatic carbocycles. The van der Waals surface area contributed by atoms with Crippen LogP contribution in [0.3, 0.4) is 0 Å². The molecule has 136 valence electrons. The van der Waals surface area contributed by atoms with E-state index in [9.17, 15) is 9.59 Å². The summed E-state index contributed by atoms with van der Waals surface area (Å²) < 4.78 is 5.10. The third-order valence-electron chi connectivity index (χ3n) is 4.23. The molecule has 8 heteroatoms. The Balaban J connectivity index is 1.66. The first kappa shape index (κ1) is 17.7. The van der Waals surface area contributed by atoms with E-state index in [1.807, 2.05) is 4.90 Å². The molecule has 1 aromatic heterocycles. The van der Waals surface area contributed by atoms with Gasteiger partial charge in [0.1, 0.15) is 11.4 Å². The van der Waals surface area contributed by atoms with Gasteiger partial charge in [0, 0.05) is 45.0 Å². The summed E-state index contributed by atoms with van der Waals surface area (Å²) in [5.74, 6) is 0.979. The number of amides is 2. The topological polar surface area (TPSA) is 87.7 Å². The highest BCUT2D eigenvalue weighted by atomic mass is 16.5. The van der Waals surface area contributed by atoms with Gasteiger partial charge in [0.05, 0.1) is 7.11 Å². The molecule has 2 amide bonds. The van der Waals surface area contributed by atoms with Crippen molar-refractivity contribution in [1.82, 2.24) is 14.9 Å². The normalized spacial score (nSPS) is 14.1. The Morgan fingerprint density at radius 3 is 2.38 bits per heavy atom. The quantitative estimate of drug-likeness (QED) is 0.892. The molecule has 1 aliphatic heterocycles. The lowest BCUT2D eigenvalue weighted by Gasteiger charge is -2.34. The Labute approximate surface area is 151 Å². The smallest absolute Gasteiger partial charge is 0.274 e. The Morgan fingerprint density at radius 2 is 1.77 bits per heavy atom. The standard InChI is InChI=1S/C18H21N5O3/c1-13(24)22-9-11-23(12-10-22)18-19-8-7-16(21-18)17(25)20-14-3-5-15(26-2)6-4-14/h3-8H,9-12H2,1-2H3,(H,20,25). The Bertz CT molecular complexity index is 786. The van der Waals surface area contributed by atoms with E-state index in [0.29, 0.717) is 43.5 Å². The summed E-state index contributed by atoms with van der Waals surface area (Å²) in [4.78, 5) is 36.3. The number of hydrogen-bond donors (Lipinski definition) is 1. The zero-order chi connectivity index (χ0) is 18.5. The lowest BCUT2D eigenvalue weighted by Crippen LogP contribution is -2.48. The predicted molar refractivity (Wildman–Crippen MR) is 97.4 cm³/mol. The fourth-order valence-electron chi connectivity index (χ4n) is 2.72. The molecule has 0 spiro atoms. The number of methoxy groups -OCH3 is 1. The van der Waals surface area contributed by atoms with Gasteiger partial charge in [-0.1, -0.05) is 0 Å². The van der Waals surface area contributed by atoms with Crippen LogP contribution in [-0.4, -0.2) is 60.0 Å². The van der Waals surface area contributed by atoms with E-state index in [2.05, 4.69) is 15.3 Å². The van der Waals surface area contributed by atoms with Gasteiger partial charge in [-0.15, -0.1) is 0 Å². The van der Waals surface area contributed by atoms with Gasteiger partial charge < -0.3 is 19.9 Å². The first-order valence-corrected chi connectivity index (χ1v) is 8.36. The van der Waals surface area contributed by atoms with Crippen LogP contribution in [0.4, 0.5) is 11.6 Å². The fraction of sp³-hybridized carbons (Fsp3) is 0.333. The molecule has 0 unspecified atom stereocenters. The summed E-state index contributed by atoms with van der Waals surface area (Å²) in [7, 11) is 1.59. The third kappa shape index (κ3) is 4.08. The van der Waals surface area contributed by atoms with E-state index in [1.165, 1.54) is 0 Å². The maximum absolute atomic E-state index is 12.4. The lowest BCUT2D eigenvalue weighted by atomic mass is 10.3. The maximum Gasteiger partial charge on any atom is 0.274 e. The van der Waals surface area contributed by atoms with Crippen molar-refractivity contribution in [1.29, 1.82) is 0 Å². The largest absolute Gasteiger partial charge is 0.497 e. The second kappa shape index (κ2) is 7.81. The van der Waals surface area contributed by atoms with Crippen molar-refractivity contribution in [3.8, 4) is 5.75 Å². The molecule has 1 aliphatic rings. The highest BCUT2D eigenvalue weighted by Gasteiger charge is 2.21. The van der Waals surface area contributed by atoms with Gasteiger partial charge in [-0.3, -0.25) is 9.59 Å². The molecule has 0 radical (unpaired) electrons. The molecular weight excluding hydrogens is 334 g/mol. The van der Waals surface area contributed by atoms with Crippen LogP contribution in [0.5, 0.6) is 5.75 Å². The molecule has 26 heavy (non-hydrogen) atoms. The van der Waals surface area contributed by atoms with Crippen molar-refractivity contribution in [2.75, 3.05) is 43.5 Å². The lowest BCUT2D eigenvalue weighted by molar-refractivity contribution is -0.129. The monoisotopic (exact) mass is 355 g/mol. The predicted octanol–water partition coefficient (Wildman–Crippen LogP) is 1.41. The van der Waals surface area contributed by atoms with Crippen molar-refractivity contribution >= 4 is 23.5 Å². The number of piperazine rings is 1. The number of nitrogens with one attached hydrogen (secondary N) is 1. The Hall–Kier alpha value is -3.16. The summed E-state index contributed by atoms with van der Waals surface area (Å²) in [6.07, 6.45) is 1.57. The van der Waals surface area contributed by atoms with Crippen LogP contribution in [0.15, 0.2) is 36.5 Å². The van der Waals surface area contributed by atoms with Crippen LogP contribution in [0.2, 0.25) is 0 Å². The molecule has 1 saturated heterocycles. The summed E-state index contributed by atoms with van der Waals surface area (Å²) in [5.41, 5.74) is 0.950. The summed E-state index contributed by atoms with van der Waals surface area (Å²) in [6.45, 7) is 4.10. The molecule has 3 rings (SSSR count). The van der Waals surface area contributed by atoms with Crippen LogP contribution >= 0.6 is 0 Å². The van der Waals surface area contributed by atoms with Gasteiger partial charge in [0.25, 0.3) is 5.91 Å². The molecule has 1 N–H and O–H groups in total. The second-order valence-electron chi connectivity index (χ2n) is 5.92. The number of rotatable bonds is 4. The first-order chi connectivity index (χ1) is 12.6. The van der Waals surface area contributed by atoms with Crippen LogP contribution in [-0.2, 0) is 4.79 Å². The maximum atomic E-state index is 12.4. The van der Waals surface area contributed by atoms with E-state index < -0.39 is 0 Å². The molecule has 0 bridgehead atoms.